The zero-order chi connectivity index (χ0) is 18.6. The quantitative estimate of drug-likeness (QED) is 0.486. The molecule has 2 aromatic heterocycles. The van der Waals surface area contributed by atoms with Gasteiger partial charge in [-0.3, -0.25) is 0 Å². The second-order valence-corrected chi connectivity index (χ2v) is 7.88. The lowest BCUT2D eigenvalue weighted by Crippen LogP contribution is -2.83. The fraction of sp³-hybridized carbons (Fsp3) is 0.136. The van der Waals surface area contributed by atoms with Crippen LogP contribution in [0, 0.1) is 6.92 Å². The van der Waals surface area contributed by atoms with Gasteiger partial charge in [-0.1, -0.05) is 47.5 Å². The highest BCUT2D eigenvalue weighted by molar-refractivity contribution is 7.10. The number of aromatic nitrogens is 1. The lowest BCUT2D eigenvalue weighted by atomic mass is 10.0. The number of benzene rings is 2. The number of quaternary nitrogens is 1. The van der Waals surface area contributed by atoms with E-state index in [0.29, 0.717) is 17.5 Å². The van der Waals surface area contributed by atoms with Gasteiger partial charge in [0, 0.05) is 16.1 Å². The number of oxazole rings is 1. The number of hydrogen-bond acceptors (Lipinski definition) is 3. The van der Waals surface area contributed by atoms with Crippen molar-refractivity contribution in [3.8, 4) is 11.3 Å². The molecule has 0 aliphatic heterocycles. The van der Waals surface area contributed by atoms with Crippen molar-refractivity contribution in [1.29, 1.82) is 0 Å². The Morgan fingerprint density at radius 1 is 1.07 bits per heavy atom. The van der Waals surface area contributed by atoms with Gasteiger partial charge in [0.05, 0.1) is 11.1 Å². The van der Waals surface area contributed by atoms with E-state index in [-0.39, 0.29) is 6.04 Å². The van der Waals surface area contributed by atoms with Crippen LogP contribution in [0.3, 0.4) is 0 Å². The van der Waals surface area contributed by atoms with Gasteiger partial charge in [-0.25, -0.2) is 4.98 Å². The third kappa shape index (κ3) is 4.30. The van der Waals surface area contributed by atoms with Gasteiger partial charge in [0.1, 0.15) is 6.04 Å². The van der Waals surface area contributed by atoms with E-state index in [1.807, 2.05) is 24.3 Å². The first kappa shape index (κ1) is 18.0. The average Bonchev–Trinajstić information content (AvgIpc) is 3.36. The molecule has 2 N–H and O–H groups in total. The molecule has 5 heteroatoms. The topological polar surface area (TPSA) is 42.6 Å². The van der Waals surface area contributed by atoms with E-state index >= 15 is 0 Å². The van der Waals surface area contributed by atoms with Crippen LogP contribution in [0.4, 0.5) is 0 Å². The molecule has 0 unspecified atom stereocenters. The number of nitrogens with zero attached hydrogens (tertiary/aromatic N) is 1. The molecule has 0 radical (unpaired) electrons. The summed E-state index contributed by atoms with van der Waals surface area (Å²) in [5, 5.41) is 5.10. The van der Waals surface area contributed by atoms with Gasteiger partial charge in [-0.2, -0.15) is 0 Å². The van der Waals surface area contributed by atoms with Crippen molar-refractivity contribution >= 4 is 22.9 Å². The fourth-order valence-electron chi connectivity index (χ4n) is 3.03. The van der Waals surface area contributed by atoms with Crippen molar-refractivity contribution < 1.29 is 9.73 Å². The third-order valence-electron chi connectivity index (χ3n) is 4.50. The van der Waals surface area contributed by atoms with Crippen LogP contribution in [0.1, 0.15) is 27.9 Å². The zero-order valence-electron chi connectivity index (χ0n) is 14.9. The van der Waals surface area contributed by atoms with Crippen molar-refractivity contribution in [2.75, 3.05) is 0 Å². The molecule has 0 spiro atoms. The van der Waals surface area contributed by atoms with Gasteiger partial charge in [0.2, 0.25) is 0 Å². The first-order chi connectivity index (χ1) is 13.2. The van der Waals surface area contributed by atoms with Crippen LogP contribution >= 0.6 is 22.9 Å². The first-order valence-electron chi connectivity index (χ1n) is 8.83. The maximum Gasteiger partial charge on any atom is 0.250 e. The van der Waals surface area contributed by atoms with Gasteiger partial charge in [0.15, 0.2) is 12.3 Å². The second-order valence-electron chi connectivity index (χ2n) is 6.47. The van der Waals surface area contributed by atoms with Crippen molar-refractivity contribution in [2.45, 2.75) is 19.5 Å². The summed E-state index contributed by atoms with van der Waals surface area (Å²) in [6.45, 7) is 2.78. The van der Waals surface area contributed by atoms with Crippen LogP contribution in [0.2, 0.25) is 5.02 Å². The highest BCUT2D eigenvalue weighted by atomic mass is 35.5. The second kappa shape index (κ2) is 8.09. The largest absolute Gasteiger partial charge is 0.435 e. The Labute approximate surface area is 167 Å². The number of hydrogen-bond donors (Lipinski definition) is 1. The highest BCUT2D eigenvalue weighted by Crippen LogP contribution is 2.24. The minimum Gasteiger partial charge on any atom is -0.435 e. The SMILES string of the molecule is Cc1ccc([C@@H]([NH2+]Cc2ncc(-c3ccc(Cl)cc3)o2)c2cccs2)cc1. The Balaban J connectivity index is 1.51. The van der Waals surface area contributed by atoms with Crippen molar-refractivity contribution in [3.63, 3.8) is 0 Å². The molecule has 2 heterocycles. The smallest absolute Gasteiger partial charge is 0.250 e. The molecule has 0 aliphatic rings. The van der Waals surface area contributed by atoms with Gasteiger partial charge in [-0.05, 0) is 42.6 Å². The molecule has 1 atom stereocenters. The molecule has 0 saturated heterocycles. The average molecular weight is 396 g/mol. The highest BCUT2D eigenvalue weighted by Gasteiger charge is 2.20. The third-order valence-corrected chi connectivity index (χ3v) is 5.70. The predicted molar refractivity (Wildman–Crippen MR) is 110 cm³/mol. The summed E-state index contributed by atoms with van der Waals surface area (Å²) in [7, 11) is 0. The summed E-state index contributed by atoms with van der Waals surface area (Å²) >= 11 is 7.73. The number of rotatable bonds is 6. The van der Waals surface area contributed by atoms with E-state index in [1.165, 1.54) is 16.0 Å². The van der Waals surface area contributed by atoms with Crippen LogP contribution in [0.15, 0.2) is 76.7 Å². The minimum atomic E-state index is 0.233. The Bertz CT molecular complexity index is 992. The molecule has 0 aliphatic carbocycles. The molecular formula is C22H20ClN2OS+. The van der Waals surface area contributed by atoms with Crippen LogP contribution in [-0.4, -0.2) is 4.98 Å². The number of nitrogens with two attached hydrogens (primary N) is 1. The molecule has 2 aromatic carbocycles. The van der Waals surface area contributed by atoms with Crippen molar-refractivity contribution in [2.24, 2.45) is 0 Å². The summed E-state index contributed by atoms with van der Waals surface area (Å²) in [4.78, 5) is 5.77. The fourth-order valence-corrected chi connectivity index (χ4v) is 4.01. The molecule has 27 heavy (non-hydrogen) atoms. The van der Waals surface area contributed by atoms with Crippen LogP contribution in [-0.2, 0) is 6.54 Å². The van der Waals surface area contributed by atoms with E-state index in [2.05, 4.69) is 59.0 Å². The van der Waals surface area contributed by atoms with Crippen LogP contribution < -0.4 is 5.32 Å². The van der Waals surface area contributed by atoms with Crippen LogP contribution in [0.5, 0.6) is 0 Å². The van der Waals surface area contributed by atoms with Crippen molar-refractivity contribution in [1.82, 2.24) is 4.98 Å². The molecule has 0 amide bonds. The van der Waals surface area contributed by atoms with Crippen molar-refractivity contribution in [3.05, 3.63) is 99.2 Å². The van der Waals surface area contributed by atoms with Gasteiger partial charge in [-0.15, -0.1) is 11.3 Å². The Morgan fingerprint density at radius 3 is 2.56 bits per heavy atom. The van der Waals surface area contributed by atoms with Gasteiger partial charge in [0.25, 0.3) is 5.89 Å². The molecule has 0 bridgehead atoms. The lowest BCUT2D eigenvalue weighted by molar-refractivity contribution is -0.703. The number of thiophene rings is 1. The maximum atomic E-state index is 5.96. The monoisotopic (exact) mass is 395 g/mol. The number of aryl methyl sites for hydroxylation is 1. The predicted octanol–water partition coefficient (Wildman–Crippen LogP) is 5.22. The molecular weight excluding hydrogens is 376 g/mol. The molecule has 4 rings (SSSR count). The summed E-state index contributed by atoms with van der Waals surface area (Å²) in [6, 6.07) is 20.8. The van der Waals surface area contributed by atoms with E-state index in [9.17, 15) is 0 Å². The normalized spacial score (nSPS) is 12.2. The molecule has 136 valence electrons. The van der Waals surface area contributed by atoms with Crippen LogP contribution in [0.25, 0.3) is 11.3 Å². The summed E-state index contributed by atoms with van der Waals surface area (Å²) < 4.78 is 5.95. The molecule has 0 fully saturated rings. The van der Waals surface area contributed by atoms with Gasteiger partial charge < -0.3 is 9.73 Å². The zero-order valence-corrected chi connectivity index (χ0v) is 16.5. The van der Waals surface area contributed by atoms with E-state index in [0.717, 1.165) is 11.3 Å². The minimum absolute atomic E-state index is 0.233. The molecule has 3 nitrogen and oxygen atoms in total. The van der Waals surface area contributed by atoms with E-state index in [4.69, 9.17) is 16.0 Å². The lowest BCUT2D eigenvalue weighted by Gasteiger charge is -2.14. The Morgan fingerprint density at radius 2 is 1.85 bits per heavy atom. The number of halogens is 1. The molecule has 4 aromatic rings. The Hall–Kier alpha value is -2.40. The van der Waals surface area contributed by atoms with E-state index < -0.39 is 0 Å². The Kier molecular flexibility index (Phi) is 5.39. The maximum absolute atomic E-state index is 5.96. The van der Waals surface area contributed by atoms with Gasteiger partial charge >= 0.3 is 0 Å². The summed E-state index contributed by atoms with van der Waals surface area (Å²) in [5.74, 6) is 1.48. The summed E-state index contributed by atoms with van der Waals surface area (Å²) in [5.41, 5.74) is 3.53. The van der Waals surface area contributed by atoms with E-state index in [1.54, 1.807) is 17.5 Å². The first-order valence-corrected chi connectivity index (χ1v) is 10.1. The summed E-state index contributed by atoms with van der Waals surface area (Å²) in [6.07, 6.45) is 1.78. The standard InChI is InChI=1S/C22H19ClN2OS/c1-15-4-6-17(7-5-15)22(20-3-2-12-27-20)25-14-21-24-13-19(26-21)16-8-10-18(23)11-9-16/h2-13,22,25H,14H2,1H3/p+1/t22-/m1/s1. The molecule has 0 saturated carbocycles.